The lowest BCUT2D eigenvalue weighted by molar-refractivity contribution is -0.130. The largest absolute Gasteiger partial charge is 0.341 e. The molecule has 0 radical (unpaired) electrons. The Labute approximate surface area is 154 Å². The molecule has 0 saturated carbocycles. The van der Waals surface area contributed by atoms with Crippen LogP contribution in [0.25, 0.3) is 10.2 Å². The Balaban J connectivity index is 1.69. The predicted octanol–water partition coefficient (Wildman–Crippen LogP) is 3.26. The summed E-state index contributed by atoms with van der Waals surface area (Å²) in [5.41, 5.74) is 1.56. The standard InChI is InChI=1S/C19H20FN3O2S/c1-12-13(2)26-18-17(12)19(25)23(11-21-18)8-7-16(24)22(3)10-14-5-4-6-15(20)9-14/h4-6,9,11H,7-8,10H2,1-3H3. The van der Waals surface area contributed by atoms with Gasteiger partial charge in [0.2, 0.25) is 5.91 Å². The van der Waals surface area contributed by atoms with E-state index < -0.39 is 0 Å². The molecule has 0 aliphatic rings. The second-order valence-electron chi connectivity index (χ2n) is 6.34. The van der Waals surface area contributed by atoms with Crippen LogP contribution in [0, 0.1) is 19.7 Å². The van der Waals surface area contributed by atoms with E-state index in [1.54, 1.807) is 19.2 Å². The minimum atomic E-state index is -0.323. The number of aromatic nitrogens is 2. The van der Waals surface area contributed by atoms with Crippen molar-refractivity contribution in [3.8, 4) is 0 Å². The molecule has 5 nitrogen and oxygen atoms in total. The highest BCUT2D eigenvalue weighted by molar-refractivity contribution is 7.18. The molecule has 0 fully saturated rings. The molecule has 3 rings (SSSR count). The minimum Gasteiger partial charge on any atom is -0.341 e. The lowest BCUT2D eigenvalue weighted by Gasteiger charge is -2.17. The molecule has 136 valence electrons. The number of rotatable bonds is 5. The number of halogens is 1. The van der Waals surface area contributed by atoms with Gasteiger partial charge in [-0.3, -0.25) is 14.2 Å². The molecule has 7 heteroatoms. The quantitative estimate of drug-likeness (QED) is 0.690. The summed E-state index contributed by atoms with van der Waals surface area (Å²) in [6.07, 6.45) is 1.68. The van der Waals surface area contributed by atoms with Gasteiger partial charge < -0.3 is 4.90 Å². The molecule has 0 N–H and O–H groups in total. The summed E-state index contributed by atoms with van der Waals surface area (Å²) < 4.78 is 14.7. The van der Waals surface area contributed by atoms with Gasteiger partial charge in [0.25, 0.3) is 5.56 Å². The van der Waals surface area contributed by atoms with Crippen molar-refractivity contribution >= 4 is 27.5 Å². The third kappa shape index (κ3) is 3.67. The van der Waals surface area contributed by atoms with Gasteiger partial charge in [0.05, 0.1) is 11.7 Å². The molecular weight excluding hydrogens is 353 g/mol. The van der Waals surface area contributed by atoms with Gasteiger partial charge in [-0.2, -0.15) is 0 Å². The average Bonchev–Trinajstić information content (AvgIpc) is 2.89. The summed E-state index contributed by atoms with van der Waals surface area (Å²) in [6, 6.07) is 6.17. The summed E-state index contributed by atoms with van der Waals surface area (Å²) in [5, 5.41) is 0.635. The van der Waals surface area contributed by atoms with Crippen molar-refractivity contribution < 1.29 is 9.18 Å². The molecule has 2 aromatic heterocycles. The van der Waals surface area contributed by atoms with Gasteiger partial charge in [-0.1, -0.05) is 12.1 Å². The Morgan fingerprint density at radius 2 is 2.12 bits per heavy atom. The number of hydrogen-bond acceptors (Lipinski definition) is 4. The van der Waals surface area contributed by atoms with E-state index in [1.807, 2.05) is 13.8 Å². The predicted molar refractivity (Wildman–Crippen MR) is 101 cm³/mol. The van der Waals surface area contributed by atoms with E-state index in [-0.39, 0.29) is 30.2 Å². The van der Waals surface area contributed by atoms with Gasteiger partial charge in [-0.15, -0.1) is 11.3 Å². The zero-order valence-corrected chi connectivity index (χ0v) is 15.8. The number of aryl methyl sites for hydroxylation is 3. The molecule has 0 atom stereocenters. The van der Waals surface area contributed by atoms with E-state index >= 15 is 0 Å². The summed E-state index contributed by atoms with van der Waals surface area (Å²) in [6.45, 7) is 4.48. The van der Waals surface area contributed by atoms with Crippen molar-refractivity contribution in [2.75, 3.05) is 7.05 Å². The van der Waals surface area contributed by atoms with E-state index in [0.717, 1.165) is 20.8 Å². The third-order valence-electron chi connectivity index (χ3n) is 4.46. The highest BCUT2D eigenvalue weighted by atomic mass is 32.1. The summed E-state index contributed by atoms with van der Waals surface area (Å²) in [5.74, 6) is -0.435. The van der Waals surface area contributed by atoms with Crippen LogP contribution in [0.15, 0.2) is 35.4 Å². The second kappa shape index (κ2) is 7.37. The third-order valence-corrected chi connectivity index (χ3v) is 5.57. The number of hydrogen-bond donors (Lipinski definition) is 0. The van der Waals surface area contributed by atoms with E-state index in [2.05, 4.69) is 4.98 Å². The van der Waals surface area contributed by atoms with Crippen LogP contribution < -0.4 is 5.56 Å². The first-order valence-corrected chi connectivity index (χ1v) is 9.12. The maximum atomic E-state index is 13.2. The number of carbonyl (C=O) groups is 1. The van der Waals surface area contributed by atoms with Gasteiger partial charge >= 0.3 is 0 Å². The van der Waals surface area contributed by atoms with Crippen LogP contribution in [0.5, 0.6) is 0 Å². The minimum absolute atomic E-state index is 0.112. The van der Waals surface area contributed by atoms with Gasteiger partial charge in [0, 0.05) is 31.4 Å². The van der Waals surface area contributed by atoms with Crippen LogP contribution in [0.4, 0.5) is 4.39 Å². The van der Waals surface area contributed by atoms with Crippen LogP contribution in [0.1, 0.15) is 22.4 Å². The smallest absolute Gasteiger partial charge is 0.262 e. The fourth-order valence-electron chi connectivity index (χ4n) is 2.83. The monoisotopic (exact) mass is 373 g/mol. The summed E-state index contributed by atoms with van der Waals surface area (Å²) in [4.78, 5) is 32.7. The number of carbonyl (C=O) groups excluding carboxylic acids is 1. The Kier molecular flexibility index (Phi) is 5.18. The van der Waals surface area contributed by atoms with Crippen LogP contribution in [-0.4, -0.2) is 27.4 Å². The fraction of sp³-hybridized carbons (Fsp3) is 0.316. The molecule has 0 spiro atoms. The first-order valence-electron chi connectivity index (χ1n) is 8.30. The van der Waals surface area contributed by atoms with Gasteiger partial charge in [0.15, 0.2) is 0 Å². The molecule has 0 aliphatic carbocycles. The normalized spacial score (nSPS) is 11.1. The number of fused-ring (bicyclic) bond motifs is 1. The molecule has 0 aliphatic heterocycles. The van der Waals surface area contributed by atoms with Gasteiger partial charge in [0.1, 0.15) is 10.6 Å². The SMILES string of the molecule is Cc1sc2ncn(CCC(=O)N(C)Cc3cccc(F)c3)c(=O)c2c1C. The Bertz CT molecular complexity index is 1030. The van der Waals surface area contributed by atoms with Crippen molar-refractivity contribution in [3.63, 3.8) is 0 Å². The number of thiophene rings is 1. The zero-order chi connectivity index (χ0) is 18.8. The molecule has 1 amide bonds. The fourth-order valence-corrected chi connectivity index (χ4v) is 3.82. The van der Waals surface area contributed by atoms with Crippen molar-refractivity contribution in [1.29, 1.82) is 0 Å². The molecular formula is C19H20FN3O2S. The van der Waals surface area contributed by atoms with Crippen molar-refractivity contribution in [2.24, 2.45) is 0 Å². The summed E-state index contributed by atoms with van der Waals surface area (Å²) in [7, 11) is 1.67. The molecule has 0 bridgehead atoms. The molecule has 2 heterocycles. The second-order valence-corrected chi connectivity index (χ2v) is 7.54. The molecule has 26 heavy (non-hydrogen) atoms. The van der Waals surface area contributed by atoms with Crippen LogP contribution in [-0.2, 0) is 17.9 Å². The molecule has 3 aromatic rings. The maximum absolute atomic E-state index is 13.2. The van der Waals surface area contributed by atoms with Crippen molar-refractivity contribution in [2.45, 2.75) is 33.4 Å². The number of nitrogens with zero attached hydrogens (tertiary/aromatic N) is 3. The zero-order valence-electron chi connectivity index (χ0n) is 15.0. The lowest BCUT2D eigenvalue weighted by atomic mass is 10.2. The van der Waals surface area contributed by atoms with E-state index in [9.17, 15) is 14.0 Å². The van der Waals surface area contributed by atoms with E-state index in [0.29, 0.717) is 11.9 Å². The van der Waals surface area contributed by atoms with Crippen molar-refractivity contribution in [1.82, 2.24) is 14.5 Å². The first kappa shape index (κ1) is 18.3. The first-order chi connectivity index (χ1) is 12.4. The maximum Gasteiger partial charge on any atom is 0.262 e. The molecule has 0 saturated heterocycles. The van der Waals surface area contributed by atoms with Crippen molar-refractivity contribution in [3.05, 3.63) is 62.8 Å². The van der Waals surface area contributed by atoms with Crippen LogP contribution in [0.2, 0.25) is 0 Å². The average molecular weight is 373 g/mol. The number of benzene rings is 1. The van der Waals surface area contributed by atoms with Gasteiger partial charge in [-0.05, 0) is 37.1 Å². The summed E-state index contributed by atoms with van der Waals surface area (Å²) >= 11 is 1.50. The van der Waals surface area contributed by atoms with Crippen LogP contribution in [0.3, 0.4) is 0 Å². The Morgan fingerprint density at radius 1 is 1.35 bits per heavy atom. The van der Waals surface area contributed by atoms with Crippen LogP contribution >= 0.6 is 11.3 Å². The topological polar surface area (TPSA) is 55.2 Å². The molecule has 0 unspecified atom stereocenters. The number of amides is 1. The lowest BCUT2D eigenvalue weighted by Crippen LogP contribution is -2.29. The highest BCUT2D eigenvalue weighted by Crippen LogP contribution is 2.25. The Hall–Kier alpha value is -2.54. The molecule has 1 aromatic carbocycles. The van der Waals surface area contributed by atoms with E-state index in [1.165, 1.54) is 39.3 Å². The highest BCUT2D eigenvalue weighted by Gasteiger charge is 2.14. The van der Waals surface area contributed by atoms with E-state index in [4.69, 9.17) is 0 Å². The Morgan fingerprint density at radius 3 is 2.85 bits per heavy atom. The van der Waals surface area contributed by atoms with Gasteiger partial charge in [-0.25, -0.2) is 9.37 Å².